The molecule has 28 heavy (non-hydrogen) atoms. The molecule has 2 aliphatic rings. The van der Waals surface area contributed by atoms with Gasteiger partial charge in [-0.2, -0.15) is 0 Å². The fourth-order valence-electron chi connectivity index (χ4n) is 5.01. The number of fused-ring (bicyclic) bond motifs is 4. The Kier molecular flexibility index (Phi) is 4.25. The van der Waals surface area contributed by atoms with Gasteiger partial charge in [-0.05, 0) is 73.5 Å². The molecule has 0 N–H and O–H groups in total. The van der Waals surface area contributed by atoms with Gasteiger partial charge in [0.2, 0.25) is 0 Å². The number of hydrogen-bond donors (Lipinski definition) is 0. The summed E-state index contributed by atoms with van der Waals surface area (Å²) in [5.74, 6) is 0.606. The molecule has 2 heterocycles. The molecule has 0 spiro atoms. The minimum absolute atomic E-state index is 0.573. The summed E-state index contributed by atoms with van der Waals surface area (Å²) in [6, 6.07) is 23.0. The van der Waals surface area contributed by atoms with Crippen molar-refractivity contribution < 1.29 is 0 Å². The molecule has 0 aromatic heterocycles. The second-order valence-electron chi connectivity index (χ2n) is 8.57. The normalized spacial score (nSPS) is 22.4. The number of piperidine rings is 1. The van der Waals surface area contributed by atoms with Crippen molar-refractivity contribution in [3.05, 3.63) is 83.6 Å². The van der Waals surface area contributed by atoms with Crippen LogP contribution < -0.4 is 4.90 Å². The van der Waals surface area contributed by atoms with Gasteiger partial charge in [-0.15, -0.1) is 0 Å². The van der Waals surface area contributed by atoms with Gasteiger partial charge in [0.25, 0.3) is 0 Å². The molecule has 142 valence electrons. The van der Waals surface area contributed by atoms with Crippen LogP contribution in [0.5, 0.6) is 0 Å². The highest BCUT2D eigenvalue weighted by atomic mass is 15.2. The van der Waals surface area contributed by atoms with E-state index in [9.17, 15) is 0 Å². The lowest BCUT2D eigenvalue weighted by molar-refractivity contribution is 0.235. The molecule has 2 aliphatic heterocycles. The number of anilines is 1. The molecule has 1 saturated heterocycles. The lowest BCUT2D eigenvalue weighted by atomic mass is 9.89. The predicted molar refractivity (Wildman–Crippen MR) is 120 cm³/mol. The third-order valence-corrected chi connectivity index (χ3v) is 6.53. The minimum atomic E-state index is 0.573. The highest BCUT2D eigenvalue weighted by molar-refractivity contribution is 5.86. The topological polar surface area (TPSA) is 6.48 Å². The van der Waals surface area contributed by atoms with E-state index < -0.39 is 0 Å². The van der Waals surface area contributed by atoms with Crippen molar-refractivity contribution in [2.75, 3.05) is 25.0 Å². The molecule has 0 bridgehead atoms. The maximum absolute atomic E-state index is 2.57. The summed E-state index contributed by atoms with van der Waals surface area (Å²) in [5, 5.41) is 2.61. The Morgan fingerprint density at radius 1 is 1.00 bits per heavy atom. The minimum Gasteiger partial charge on any atom is -0.344 e. The summed E-state index contributed by atoms with van der Waals surface area (Å²) in [6.07, 6.45) is 3.62. The number of hydrogen-bond acceptors (Lipinski definition) is 2. The average molecular weight is 369 g/mol. The van der Waals surface area contributed by atoms with Crippen molar-refractivity contribution in [3.8, 4) is 0 Å². The zero-order valence-corrected chi connectivity index (χ0v) is 17.0. The second kappa shape index (κ2) is 6.79. The van der Waals surface area contributed by atoms with Crippen LogP contribution in [0, 0.1) is 6.92 Å². The van der Waals surface area contributed by atoms with Gasteiger partial charge < -0.3 is 9.80 Å². The standard InChI is InChI=1S/C26H28N2/c1-18-8-11-25-23(14-18)24-17-27(3)13-12-26(24)28(25)16-19(2)21-10-9-20-6-4-5-7-22(20)15-21/h4-11,14-16,24,26H,12-13,17H2,1-3H3/b19-16+. The maximum Gasteiger partial charge on any atom is 0.0445 e. The molecular weight excluding hydrogens is 340 g/mol. The predicted octanol–water partition coefficient (Wildman–Crippen LogP) is 5.82. The number of likely N-dealkylation sites (tertiary alicyclic amines) is 1. The van der Waals surface area contributed by atoms with Gasteiger partial charge in [-0.3, -0.25) is 0 Å². The molecule has 1 fully saturated rings. The van der Waals surface area contributed by atoms with E-state index in [2.05, 4.69) is 97.6 Å². The van der Waals surface area contributed by atoms with Gasteiger partial charge in [0.15, 0.2) is 0 Å². The van der Waals surface area contributed by atoms with Crippen LogP contribution in [0.3, 0.4) is 0 Å². The molecule has 0 aliphatic carbocycles. The Morgan fingerprint density at radius 2 is 1.82 bits per heavy atom. The van der Waals surface area contributed by atoms with Crippen molar-refractivity contribution in [1.29, 1.82) is 0 Å². The number of benzene rings is 3. The van der Waals surface area contributed by atoms with E-state index in [1.54, 1.807) is 0 Å². The van der Waals surface area contributed by atoms with Crippen LogP contribution in [-0.2, 0) is 0 Å². The summed E-state index contributed by atoms with van der Waals surface area (Å²) in [4.78, 5) is 5.05. The van der Waals surface area contributed by atoms with Crippen LogP contribution in [0.2, 0.25) is 0 Å². The molecule has 2 atom stereocenters. The fourth-order valence-corrected chi connectivity index (χ4v) is 5.01. The van der Waals surface area contributed by atoms with Crippen molar-refractivity contribution in [3.63, 3.8) is 0 Å². The van der Waals surface area contributed by atoms with Gasteiger partial charge >= 0.3 is 0 Å². The molecule has 5 rings (SSSR count). The van der Waals surface area contributed by atoms with E-state index >= 15 is 0 Å². The third-order valence-electron chi connectivity index (χ3n) is 6.53. The lowest BCUT2D eigenvalue weighted by Crippen LogP contribution is -2.43. The first-order valence-electron chi connectivity index (χ1n) is 10.4. The van der Waals surface area contributed by atoms with E-state index in [0.717, 1.165) is 6.54 Å². The van der Waals surface area contributed by atoms with E-state index in [1.807, 2.05) is 0 Å². The zero-order valence-electron chi connectivity index (χ0n) is 17.0. The molecule has 3 aromatic carbocycles. The molecule has 0 radical (unpaired) electrons. The Labute approximate surface area is 168 Å². The Balaban J connectivity index is 1.55. The lowest BCUT2D eigenvalue weighted by Gasteiger charge is -2.36. The first-order chi connectivity index (χ1) is 13.6. The van der Waals surface area contributed by atoms with Gasteiger partial charge in [0.1, 0.15) is 0 Å². The summed E-state index contributed by atoms with van der Waals surface area (Å²) >= 11 is 0. The first-order valence-corrected chi connectivity index (χ1v) is 10.4. The van der Waals surface area contributed by atoms with Crippen LogP contribution in [-0.4, -0.2) is 31.1 Å². The zero-order chi connectivity index (χ0) is 19.3. The maximum atomic E-state index is 2.57. The summed E-state index contributed by atoms with van der Waals surface area (Å²) in [7, 11) is 2.25. The van der Waals surface area contributed by atoms with Crippen LogP contribution in [0.1, 0.15) is 36.0 Å². The quantitative estimate of drug-likeness (QED) is 0.562. The van der Waals surface area contributed by atoms with E-state index in [1.165, 1.54) is 51.7 Å². The van der Waals surface area contributed by atoms with Crippen molar-refractivity contribution in [2.45, 2.75) is 32.2 Å². The van der Waals surface area contributed by atoms with Crippen LogP contribution in [0.4, 0.5) is 5.69 Å². The van der Waals surface area contributed by atoms with Gasteiger partial charge in [-0.25, -0.2) is 0 Å². The van der Waals surface area contributed by atoms with Crippen molar-refractivity contribution >= 4 is 22.0 Å². The Hall–Kier alpha value is -2.58. The van der Waals surface area contributed by atoms with Crippen molar-refractivity contribution in [1.82, 2.24) is 4.90 Å². The van der Waals surface area contributed by atoms with E-state index in [4.69, 9.17) is 0 Å². The molecule has 0 amide bonds. The van der Waals surface area contributed by atoms with E-state index in [-0.39, 0.29) is 0 Å². The highest BCUT2D eigenvalue weighted by Crippen LogP contribution is 2.45. The third kappa shape index (κ3) is 2.93. The number of rotatable bonds is 2. The summed E-state index contributed by atoms with van der Waals surface area (Å²) in [6.45, 7) is 6.79. The molecular formula is C26H28N2. The molecule has 2 nitrogen and oxygen atoms in total. The van der Waals surface area contributed by atoms with E-state index in [0.29, 0.717) is 12.0 Å². The molecule has 0 saturated carbocycles. The summed E-state index contributed by atoms with van der Waals surface area (Å²) < 4.78 is 0. The summed E-state index contributed by atoms with van der Waals surface area (Å²) in [5.41, 5.74) is 6.93. The SMILES string of the molecule is C/C(=C\N1c2ccc(C)cc2C2CN(C)CCC21)c1ccc2ccccc2c1. The Morgan fingerprint density at radius 3 is 2.68 bits per heavy atom. The van der Waals surface area contributed by atoms with Crippen molar-refractivity contribution in [2.24, 2.45) is 0 Å². The first kappa shape index (κ1) is 17.5. The smallest absolute Gasteiger partial charge is 0.0445 e. The van der Waals surface area contributed by atoms with Gasteiger partial charge in [0, 0.05) is 30.4 Å². The monoisotopic (exact) mass is 368 g/mol. The number of nitrogens with zero attached hydrogens (tertiary/aromatic N) is 2. The molecule has 3 aromatic rings. The Bertz CT molecular complexity index is 1060. The number of allylic oxidation sites excluding steroid dienone is 1. The number of likely N-dealkylation sites (N-methyl/N-ethyl adjacent to an activating group) is 1. The second-order valence-corrected chi connectivity index (χ2v) is 8.57. The van der Waals surface area contributed by atoms with Gasteiger partial charge in [-0.1, -0.05) is 54.1 Å². The van der Waals surface area contributed by atoms with Crippen LogP contribution in [0.25, 0.3) is 16.3 Å². The largest absolute Gasteiger partial charge is 0.344 e. The van der Waals surface area contributed by atoms with Gasteiger partial charge in [0.05, 0.1) is 0 Å². The fraction of sp³-hybridized carbons (Fsp3) is 0.308. The molecule has 2 unspecified atom stereocenters. The number of aryl methyl sites for hydroxylation is 1. The molecule has 2 heteroatoms. The van der Waals surface area contributed by atoms with Crippen LogP contribution >= 0.6 is 0 Å². The van der Waals surface area contributed by atoms with Crippen LogP contribution in [0.15, 0.2) is 66.9 Å². The highest BCUT2D eigenvalue weighted by Gasteiger charge is 2.40. The average Bonchev–Trinajstić information content (AvgIpc) is 2.99.